The number of nitrogens with one attached hydrogen (secondary N) is 1. The highest BCUT2D eigenvalue weighted by molar-refractivity contribution is 7.80. The van der Waals surface area contributed by atoms with E-state index in [9.17, 15) is 0 Å². The van der Waals surface area contributed by atoms with Crippen molar-refractivity contribution >= 4 is 17.2 Å². The number of ether oxygens (including phenoxy) is 2. The number of hydrogen-bond acceptors (Lipinski definition) is 3. The zero-order chi connectivity index (χ0) is 13.5. The number of benzene rings is 1. The van der Waals surface area contributed by atoms with Crippen molar-refractivity contribution < 1.29 is 9.47 Å². The normalized spacial score (nSPS) is 18.3. The topological polar surface area (TPSA) is 30.5 Å². The summed E-state index contributed by atoms with van der Waals surface area (Å²) >= 11 is 5.38. The van der Waals surface area contributed by atoms with E-state index in [0.717, 1.165) is 55.3 Å². The third-order valence-corrected chi connectivity index (χ3v) is 3.48. The third kappa shape index (κ3) is 4.48. The quantitative estimate of drug-likeness (QED) is 0.811. The fourth-order valence-electron chi connectivity index (χ4n) is 2.04. The lowest BCUT2D eigenvalue weighted by molar-refractivity contribution is 0.114. The zero-order valence-electron chi connectivity index (χ0n) is 11.4. The van der Waals surface area contributed by atoms with Gasteiger partial charge in [-0.3, -0.25) is 0 Å². The van der Waals surface area contributed by atoms with E-state index in [0.29, 0.717) is 6.10 Å². The summed E-state index contributed by atoms with van der Waals surface area (Å²) in [6.45, 7) is 4.52. The lowest BCUT2D eigenvalue weighted by atomic mass is 10.2. The standard InChI is InChI=1S/C15H21NO2S/c1-2-9-17-13-7-5-12(6-8-13)15(19)16-11-14-4-3-10-18-14/h5-8,14H,2-4,9-11H2,1H3,(H,16,19)/t14-/m0/s1. The summed E-state index contributed by atoms with van der Waals surface area (Å²) in [5.41, 5.74) is 1.02. The van der Waals surface area contributed by atoms with Crippen LogP contribution in [0.1, 0.15) is 31.7 Å². The third-order valence-electron chi connectivity index (χ3n) is 3.10. The van der Waals surface area contributed by atoms with Gasteiger partial charge in [0.1, 0.15) is 10.7 Å². The van der Waals surface area contributed by atoms with Crippen LogP contribution in [0.4, 0.5) is 0 Å². The Hall–Kier alpha value is -1.13. The second-order valence-corrected chi connectivity index (χ2v) is 5.13. The van der Waals surface area contributed by atoms with Gasteiger partial charge in [0.2, 0.25) is 0 Å². The molecule has 0 aromatic heterocycles. The molecule has 4 heteroatoms. The summed E-state index contributed by atoms with van der Waals surface area (Å²) in [7, 11) is 0. The van der Waals surface area contributed by atoms with E-state index in [-0.39, 0.29) is 0 Å². The van der Waals surface area contributed by atoms with Crippen molar-refractivity contribution in [3.8, 4) is 5.75 Å². The van der Waals surface area contributed by atoms with Gasteiger partial charge in [0.05, 0.1) is 12.7 Å². The van der Waals surface area contributed by atoms with Crippen LogP contribution in [0.3, 0.4) is 0 Å². The molecule has 19 heavy (non-hydrogen) atoms. The Kier molecular flexibility index (Phi) is 5.61. The molecule has 0 amide bonds. The second kappa shape index (κ2) is 7.46. The Morgan fingerprint density at radius 3 is 2.84 bits per heavy atom. The Morgan fingerprint density at radius 1 is 1.42 bits per heavy atom. The lowest BCUT2D eigenvalue weighted by Crippen LogP contribution is -2.31. The van der Waals surface area contributed by atoms with E-state index in [1.807, 2.05) is 24.3 Å². The molecule has 1 heterocycles. The number of hydrogen-bond donors (Lipinski definition) is 1. The van der Waals surface area contributed by atoms with Crippen LogP contribution in [0.15, 0.2) is 24.3 Å². The molecule has 0 radical (unpaired) electrons. The predicted octanol–water partition coefficient (Wildman–Crippen LogP) is 2.92. The van der Waals surface area contributed by atoms with Gasteiger partial charge in [0.25, 0.3) is 0 Å². The van der Waals surface area contributed by atoms with Gasteiger partial charge < -0.3 is 14.8 Å². The van der Waals surface area contributed by atoms with Crippen molar-refractivity contribution in [2.24, 2.45) is 0 Å². The van der Waals surface area contributed by atoms with Crippen LogP contribution in [0.2, 0.25) is 0 Å². The maximum atomic E-state index is 5.56. The molecule has 0 bridgehead atoms. The molecule has 1 N–H and O–H groups in total. The van der Waals surface area contributed by atoms with E-state index >= 15 is 0 Å². The van der Waals surface area contributed by atoms with Crippen molar-refractivity contribution in [2.45, 2.75) is 32.3 Å². The second-order valence-electron chi connectivity index (χ2n) is 4.72. The molecule has 0 saturated carbocycles. The minimum atomic E-state index is 0.310. The maximum Gasteiger partial charge on any atom is 0.119 e. The van der Waals surface area contributed by atoms with Crippen LogP contribution in [0.25, 0.3) is 0 Å². The molecule has 0 unspecified atom stereocenters. The van der Waals surface area contributed by atoms with Gasteiger partial charge in [0, 0.05) is 18.7 Å². The minimum Gasteiger partial charge on any atom is -0.494 e. The Balaban J connectivity index is 1.81. The zero-order valence-corrected chi connectivity index (χ0v) is 12.2. The summed E-state index contributed by atoms with van der Waals surface area (Å²) in [6, 6.07) is 7.92. The Bertz CT molecular complexity index is 399. The minimum absolute atomic E-state index is 0.310. The fraction of sp³-hybridized carbons (Fsp3) is 0.533. The molecule has 0 spiro atoms. The molecule has 3 nitrogen and oxygen atoms in total. The molecule has 1 atom stereocenters. The molecular weight excluding hydrogens is 258 g/mol. The van der Waals surface area contributed by atoms with E-state index in [1.54, 1.807) is 0 Å². The first-order valence-corrected chi connectivity index (χ1v) is 7.33. The lowest BCUT2D eigenvalue weighted by Gasteiger charge is -2.13. The highest BCUT2D eigenvalue weighted by atomic mass is 32.1. The molecule has 1 aliphatic rings. The molecule has 0 aliphatic carbocycles. The first kappa shape index (κ1) is 14.3. The van der Waals surface area contributed by atoms with Gasteiger partial charge in [0.15, 0.2) is 0 Å². The molecule has 1 aromatic rings. The van der Waals surface area contributed by atoms with Crippen LogP contribution in [0.5, 0.6) is 5.75 Å². The first-order valence-electron chi connectivity index (χ1n) is 6.92. The van der Waals surface area contributed by atoms with Crippen molar-refractivity contribution in [1.29, 1.82) is 0 Å². The van der Waals surface area contributed by atoms with Crippen LogP contribution in [0, 0.1) is 0 Å². The number of rotatable bonds is 6. The van der Waals surface area contributed by atoms with Gasteiger partial charge in [-0.2, -0.15) is 0 Å². The Labute approximate surface area is 120 Å². The van der Waals surface area contributed by atoms with Gasteiger partial charge in [-0.15, -0.1) is 0 Å². The molecular formula is C15H21NO2S. The van der Waals surface area contributed by atoms with Gasteiger partial charge in [-0.25, -0.2) is 0 Å². The number of thiocarbonyl (C=S) groups is 1. The van der Waals surface area contributed by atoms with Crippen molar-refractivity contribution in [2.75, 3.05) is 19.8 Å². The first-order chi connectivity index (χ1) is 9.29. The van der Waals surface area contributed by atoms with Crippen LogP contribution >= 0.6 is 12.2 Å². The summed E-state index contributed by atoms with van der Waals surface area (Å²) in [5, 5.41) is 3.27. The molecule has 2 rings (SSSR count). The van der Waals surface area contributed by atoms with E-state index in [4.69, 9.17) is 21.7 Å². The molecule has 1 aromatic carbocycles. The summed E-state index contributed by atoms with van der Waals surface area (Å²) in [5.74, 6) is 0.896. The summed E-state index contributed by atoms with van der Waals surface area (Å²) < 4.78 is 11.1. The fourth-order valence-corrected chi connectivity index (χ4v) is 2.26. The molecule has 104 valence electrons. The smallest absolute Gasteiger partial charge is 0.119 e. The molecule has 1 saturated heterocycles. The van der Waals surface area contributed by atoms with E-state index in [1.165, 1.54) is 0 Å². The van der Waals surface area contributed by atoms with Crippen LogP contribution in [-0.2, 0) is 4.74 Å². The average Bonchev–Trinajstić information content (AvgIpc) is 2.96. The SMILES string of the molecule is CCCOc1ccc(C(=S)NC[C@@H]2CCCO2)cc1. The summed E-state index contributed by atoms with van der Waals surface area (Å²) in [4.78, 5) is 0.776. The predicted molar refractivity (Wildman–Crippen MR) is 80.9 cm³/mol. The van der Waals surface area contributed by atoms with Gasteiger partial charge in [-0.1, -0.05) is 19.1 Å². The van der Waals surface area contributed by atoms with Crippen molar-refractivity contribution in [3.63, 3.8) is 0 Å². The van der Waals surface area contributed by atoms with Crippen LogP contribution < -0.4 is 10.1 Å². The highest BCUT2D eigenvalue weighted by Gasteiger charge is 2.15. The monoisotopic (exact) mass is 279 g/mol. The van der Waals surface area contributed by atoms with Crippen LogP contribution in [-0.4, -0.2) is 30.9 Å². The maximum absolute atomic E-state index is 5.56. The summed E-state index contributed by atoms with van der Waals surface area (Å²) in [6.07, 6.45) is 3.61. The van der Waals surface area contributed by atoms with E-state index < -0.39 is 0 Å². The highest BCUT2D eigenvalue weighted by Crippen LogP contribution is 2.14. The van der Waals surface area contributed by atoms with Gasteiger partial charge in [-0.05, 0) is 43.5 Å². The average molecular weight is 279 g/mol. The van der Waals surface area contributed by atoms with Gasteiger partial charge >= 0.3 is 0 Å². The largest absolute Gasteiger partial charge is 0.494 e. The Morgan fingerprint density at radius 2 is 2.21 bits per heavy atom. The van der Waals surface area contributed by atoms with Crippen molar-refractivity contribution in [3.05, 3.63) is 29.8 Å². The molecule has 1 fully saturated rings. The van der Waals surface area contributed by atoms with Crippen molar-refractivity contribution in [1.82, 2.24) is 5.32 Å². The van der Waals surface area contributed by atoms with E-state index in [2.05, 4.69) is 12.2 Å². The molecule has 1 aliphatic heterocycles.